The molecule has 24 heavy (non-hydrogen) atoms. The molecule has 128 valence electrons. The first-order chi connectivity index (χ1) is 11.6. The van der Waals surface area contributed by atoms with Gasteiger partial charge < -0.3 is 16.0 Å². The van der Waals surface area contributed by atoms with Crippen LogP contribution in [0.5, 0.6) is 0 Å². The van der Waals surface area contributed by atoms with Crippen molar-refractivity contribution in [1.29, 1.82) is 0 Å². The Hall–Kier alpha value is -2.54. The van der Waals surface area contributed by atoms with Crippen molar-refractivity contribution in [2.24, 2.45) is 5.73 Å². The molecule has 2 heterocycles. The van der Waals surface area contributed by atoms with Gasteiger partial charge in [-0.15, -0.1) is 0 Å². The molecule has 0 bridgehead atoms. The number of hydrogen-bond acceptors (Lipinski definition) is 6. The Morgan fingerprint density at radius 1 is 1.17 bits per heavy atom. The van der Waals surface area contributed by atoms with Gasteiger partial charge in [0.15, 0.2) is 0 Å². The lowest BCUT2D eigenvalue weighted by Crippen LogP contribution is -2.25. The van der Waals surface area contributed by atoms with Crippen molar-refractivity contribution in [3.63, 3.8) is 0 Å². The van der Waals surface area contributed by atoms with Crippen molar-refractivity contribution in [1.82, 2.24) is 19.9 Å². The topological polar surface area (TPSA) is 97.0 Å². The summed E-state index contributed by atoms with van der Waals surface area (Å²) >= 11 is 0. The van der Waals surface area contributed by atoms with E-state index < -0.39 is 5.91 Å². The molecule has 0 fully saturated rings. The van der Waals surface area contributed by atoms with E-state index in [1.807, 2.05) is 0 Å². The van der Waals surface area contributed by atoms with Crippen molar-refractivity contribution < 1.29 is 4.79 Å². The molecule has 0 unspecified atom stereocenters. The lowest BCUT2D eigenvalue weighted by Gasteiger charge is -2.17. The third kappa shape index (κ3) is 4.99. The maximum atomic E-state index is 11.2. The van der Waals surface area contributed by atoms with Gasteiger partial charge in [-0.25, -0.2) is 9.97 Å². The molecule has 3 N–H and O–H groups in total. The van der Waals surface area contributed by atoms with E-state index in [0.29, 0.717) is 17.0 Å². The predicted octanol–water partition coefficient (Wildman–Crippen LogP) is 1.78. The van der Waals surface area contributed by atoms with Crippen LogP contribution in [0.25, 0.3) is 11.4 Å². The van der Waals surface area contributed by atoms with Gasteiger partial charge in [0.25, 0.3) is 0 Å². The molecule has 0 aromatic carbocycles. The normalized spacial score (nSPS) is 10.8. The van der Waals surface area contributed by atoms with E-state index in [2.05, 4.69) is 39.0 Å². The summed E-state index contributed by atoms with van der Waals surface area (Å²) in [5.41, 5.74) is 6.86. The number of aromatic nitrogens is 3. The van der Waals surface area contributed by atoms with Crippen molar-refractivity contribution in [3.05, 3.63) is 36.3 Å². The molecular weight excluding hydrogens is 304 g/mol. The van der Waals surface area contributed by atoms with Crippen LogP contribution in [0.2, 0.25) is 0 Å². The van der Waals surface area contributed by atoms with E-state index in [1.165, 1.54) is 6.20 Å². The molecule has 7 nitrogen and oxygen atoms in total. The third-order valence-corrected chi connectivity index (χ3v) is 3.81. The summed E-state index contributed by atoms with van der Waals surface area (Å²) in [7, 11) is 0. The maximum Gasteiger partial charge on any atom is 0.248 e. The second-order valence-corrected chi connectivity index (χ2v) is 5.39. The molecule has 2 rings (SSSR count). The van der Waals surface area contributed by atoms with Gasteiger partial charge in [0.05, 0.1) is 18.1 Å². The fourth-order valence-electron chi connectivity index (χ4n) is 2.33. The molecule has 2 aromatic heterocycles. The predicted molar refractivity (Wildman–Crippen MR) is 94.7 cm³/mol. The number of carbonyl (C=O) groups is 1. The lowest BCUT2D eigenvalue weighted by molar-refractivity contribution is 0.1000. The Balaban J connectivity index is 1.91. The summed E-state index contributed by atoms with van der Waals surface area (Å²) < 4.78 is 0. The van der Waals surface area contributed by atoms with Gasteiger partial charge in [0.2, 0.25) is 5.91 Å². The first kappa shape index (κ1) is 17.8. The Morgan fingerprint density at radius 3 is 2.58 bits per heavy atom. The van der Waals surface area contributed by atoms with E-state index in [-0.39, 0.29) is 0 Å². The van der Waals surface area contributed by atoms with Gasteiger partial charge in [-0.05, 0) is 38.2 Å². The molecule has 7 heteroatoms. The van der Waals surface area contributed by atoms with Crippen molar-refractivity contribution >= 4 is 11.7 Å². The molecule has 0 aliphatic carbocycles. The minimum atomic E-state index is -0.488. The van der Waals surface area contributed by atoms with Gasteiger partial charge >= 0.3 is 0 Å². The van der Waals surface area contributed by atoms with Crippen molar-refractivity contribution in [2.45, 2.75) is 20.3 Å². The second-order valence-electron chi connectivity index (χ2n) is 5.39. The number of rotatable bonds is 9. The zero-order valence-corrected chi connectivity index (χ0v) is 14.2. The maximum absolute atomic E-state index is 11.2. The van der Waals surface area contributed by atoms with Crippen LogP contribution < -0.4 is 11.1 Å². The minimum absolute atomic E-state index is 0.403. The zero-order valence-electron chi connectivity index (χ0n) is 14.2. The molecule has 0 radical (unpaired) electrons. The monoisotopic (exact) mass is 328 g/mol. The molecule has 1 amide bonds. The highest BCUT2D eigenvalue weighted by atomic mass is 16.1. The van der Waals surface area contributed by atoms with Crippen LogP contribution in [0.1, 0.15) is 30.6 Å². The third-order valence-electron chi connectivity index (χ3n) is 3.81. The van der Waals surface area contributed by atoms with Crippen molar-refractivity contribution in [2.75, 3.05) is 31.5 Å². The summed E-state index contributed by atoms with van der Waals surface area (Å²) in [6.07, 6.45) is 5.90. The quantitative estimate of drug-likeness (QED) is 0.681. The van der Waals surface area contributed by atoms with Gasteiger partial charge in [-0.1, -0.05) is 13.8 Å². The smallest absolute Gasteiger partial charge is 0.248 e. The summed E-state index contributed by atoms with van der Waals surface area (Å²) in [6, 6.07) is 3.19. The number of primary amides is 1. The number of amides is 1. The van der Waals surface area contributed by atoms with E-state index in [9.17, 15) is 4.79 Å². The molecule has 0 saturated heterocycles. The summed E-state index contributed by atoms with van der Waals surface area (Å²) in [4.78, 5) is 26.5. The highest BCUT2D eigenvalue weighted by Crippen LogP contribution is 2.15. The van der Waals surface area contributed by atoms with Gasteiger partial charge in [0.1, 0.15) is 11.5 Å². The van der Waals surface area contributed by atoms with E-state index in [4.69, 9.17) is 5.73 Å². The lowest BCUT2D eigenvalue weighted by atomic mass is 10.2. The molecule has 0 spiro atoms. The molecule has 2 aromatic rings. The van der Waals surface area contributed by atoms with Crippen LogP contribution in [0.15, 0.2) is 30.7 Å². The largest absolute Gasteiger partial charge is 0.369 e. The van der Waals surface area contributed by atoms with E-state index >= 15 is 0 Å². The SMILES string of the molecule is CCN(CC)CCCNc1cnc(-c2cc(C(N)=O)ccn2)cn1. The van der Waals surface area contributed by atoms with Gasteiger partial charge in [-0.2, -0.15) is 0 Å². The molecule has 0 aliphatic heterocycles. The van der Waals surface area contributed by atoms with Gasteiger partial charge in [-0.3, -0.25) is 9.78 Å². The molecule has 0 saturated carbocycles. The Bertz CT molecular complexity index is 654. The number of pyridine rings is 1. The first-order valence-corrected chi connectivity index (χ1v) is 8.18. The Morgan fingerprint density at radius 2 is 1.96 bits per heavy atom. The zero-order chi connectivity index (χ0) is 17.4. The minimum Gasteiger partial charge on any atom is -0.369 e. The number of carbonyl (C=O) groups excluding carboxylic acids is 1. The summed E-state index contributed by atoms with van der Waals surface area (Å²) in [5.74, 6) is 0.238. The van der Waals surface area contributed by atoms with Gasteiger partial charge in [0, 0.05) is 18.3 Å². The summed E-state index contributed by atoms with van der Waals surface area (Å²) in [6.45, 7) is 8.39. The number of nitrogens with two attached hydrogens (primary N) is 1. The van der Waals surface area contributed by atoms with Crippen LogP contribution in [0.3, 0.4) is 0 Å². The average Bonchev–Trinajstić information content (AvgIpc) is 2.62. The van der Waals surface area contributed by atoms with Crippen LogP contribution in [0, 0.1) is 0 Å². The van der Waals surface area contributed by atoms with Crippen LogP contribution in [-0.4, -0.2) is 51.9 Å². The highest BCUT2D eigenvalue weighted by Gasteiger charge is 2.06. The molecular formula is C17H24N6O. The van der Waals surface area contributed by atoms with Crippen LogP contribution in [-0.2, 0) is 0 Å². The number of nitrogens with zero attached hydrogens (tertiary/aromatic N) is 4. The highest BCUT2D eigenvalue weighted by molar-refractivity contribution is 5.93. The fraction of sp³-hybridized carbons (Fsp3) is 0.412. The Kier molecular flexibility index (Phi) is 6.62. The average molecular weight is 328 g/mol. The first-order valence-electron chi connectivity index (χ1n) is 8.18. The molecule has 0 aliphatic rings. The summed E-state index contributed by atoms with van der Waals surface area (Å²) in [5, 5.41) is 3.26. The second kappa shape index (κ2) is 8.93. The number of anilines is 1. The fourth-order valence-corrected chi connectivity index (χ4v) is 2.33. The van der Waals surface area contributed by atoms with Crippen LogP contribution in [0.4, 0.5) is 5.82 Å². The number of hydrogen-bond donors (Lipinski definition) is 2. The number of nitrogens with one attached hydrogen (secondary N) is 1. The van der Waals surface area contributed by atoms with E-state index in [0.717, 1.165) is 38.4 Å². The van der Waals surface area contributed by atoms with Crippen LogP contribution >= 0.6 is 0 Å². The standard InChI is InChI=1S/C17H24N6O/c1-3-23(4-2)9-5-7-20-16-12-21-15(11-22-16)14-10-13(17(18)24)6-8-19-14/h6,8,10-12H,3-5,7,9H2,1-2H3,(H2,18,24)(H,20,22). The molecule has 0 atom stereocenters. The van der Waals surface area contributed by atoms with Crippen molar-refractivity contribution in [3.8, 4) is 11.4 Å². The Labute approximate surface area is 142 Å². The van der Waals surface area contributed by atoms with E-state index in [1.54, 1.807) is 24.5 Å².